The molecule has 0 bridgehead atoms. The quantitative estimate of drug-likeness (QED) is 0.821. The summed E-state index contributed by atoms with van der Waals surface area (Å²) in [5.74, 6) is 1.20. The van der Waals surface area contributed by atoms with Gasteiger partial charge in [0.25, 0.3) is 0 Å². The summed E-state index contributed by atoms with van der Waals surface area (Å²) in [6.45, 7) is 1.27. The minimum Gasteiger partial charge on any atom is -0.377 e. The number of hydrogen-bond acceptors (Lipinski definition) is 5. The van der Waals surface area contributed by atoms with E-state index in [-0.39, 0.29) is 11.9 Å². The van der Waals surface area contributed by atoms with E-state index in [4.69, 9.17) is 10.5 Å². The Morgan fingerprint density at radius 3 is 2.91 bits per heavy atom. The van der Waals surface area contributed by atoms with Crippen molar-refractivity contribution in [1.82, 2.24) is 14.8 Å². The summed E-state index contributed by atoms with van der Waals surface area (Å²) in [6, 6.07) is 6.66. The Bertz CT molecular complexity index is 643. The molecule has 1 saturated heterocycles. The zero-order chi connectivity index (χ0) is 16.1. The van der Waals surface area contributed by atoms with Crippen LogP contribution in [-0.2, 0) is 11.2 Å². The van der Waals surface area contributed by atoms with Crippen LogP contribution in [0, 0.1) is 5.82 Å². The zero-order valence-electron chi connectivity index (χ0n) is 12.9. The molecule has 1 aliphatic heterocycles. The Hall–Kier alpha value is -1.44. The summed E-state index contributed by atoms with van der Waals surface area (Å²) in [6.07, 6.45) is 4.19. The molecular formula is C16H21FN4OS. The van der Waals surface area contributed by atoms with E-state index in [1.54, 1.807) is 28.5 Å². The molecule has 1 atom stereocenters. The average Bonchev–Trinajstić information content (AvgIpc) is 2.97. The van der Waals surface area contributed by atoms with Crippen molar-refractivity contribution in [1.29, 1.82) is 0 Å². The third-order valence-electron chi connectivity index (χ3n) is 3.83. The van der Waals surface area contributed by atoms with E-state index in [0.29, 0.717) is 29.6 Å². The highest BCUT2D eigenvalue weighted by Gasteiger charge is 2.19. The van der Waals surface area contributed by atoms with E-state index < -0.39 is 0 Å². The monoisotopic (exact) mass is 336 g/mol. The van der Waals surface area contributed by atoms with E-state index in [2.05, 4.69) is 10.2 Å². The molecule has 23 heavy (non-hydrogen) atoms. The summed E-state index contributed by atoms with van der Waals surface area (Å²) >= 11 is 1.56. The fourth-order valence-electron chi connectivity index (χ4n) is 2.67. The van der Waals surface area contributed by atoms with Gasteiger partial charge in [0, 0.05) is 18.8 Å². The van der Waals surface area contributed by atoms with Crippen LogP contribution in [0.2, 0.25) is 0 Å². The lowest BCUT2D eigenvalue weighted by molar-refractivity contribution is 0.0315. The highest BCUT2D eigenvalue weighted by molar-refractivity contribution is 7.99. The number of thioether (sulfide) groups is 1. The lowest BCUT2D eigenvalue weighted by atomic mass is 10.1. The first-order valence-corrected chi connectivity index (χ1v) is 8.92. The van der Waals surface area contributed by atoms with E-state index >= 15 is 0 Å². The summed E-state index contributed by atoms with van der Waals surface area (Å²) in [4.78, 5) is 0. The highest BCUT2D eigenvalue weighted by Crippen LogP contribution is 2.26. The largest absolute Gasteiger partial charge is 0.377 e. The molecule has 0 saturated carbocycles. The van der Waals surface area contributed by atoms with Gasteiger partial charge in [-0.3, -0.25) is 4.57 Å². The number of halogens is 1. The predicted molar refractivity (Wildman–Crippen MR) is 88.4 cm³/mol. The minimum atomic E-state index is -0.290. The van der Waals surface area contributed by atoms with Gasteiger partial charge in [-0.05, 0) is 37.9 Å². The first-order chi connectivity index (χ1) is 11.3. The van der Waals surface area contributed by atoms with Crippen molar-refractivity contribution in [3.8, 4) is 5.69 Å². The third-order valence-corrected chi connectivity index (χ3v) is 4.89. The van der Waals surface area contributed by atoms with Crippen LogP contribution >= 0.6 is 11.8 Å². The molecule has 1 fully saturated rings. The molecule has 5 nitrogen and oxygen atoms in total. The second-order valence-electron chi connectivity index (χ2n) is 5.52. The van der Waals surface area contributed by atoms with Crippen LogP contribution in [0.1, 0.15) is 25.1 Å². The summed E-state index contributed by atoms with van der Waals surface area (Å²) in [5, 5.41) is 9.11. The third kappa shape index (κ3) is 3.91. The summed E-state index contributed by atoms with van der Waals surface area (Å²) in [5.41, 5.74) is 6.11. The Balaban J connectivity index is 1.83. The van der Waals surface area contributed by atoms with Crippen molar-refractivity contribution in [3.63, 3.8) is 0 Å². The lowest BCUT2D eigenvalue weighted by Gasteiger charge is -2.22. The number of benzene rings is 1. The molecule has 1 aromatic heterocycles. The molecule has 7 heteroatoms. The Morgan fingerprint density at radius 2 is 2.17 bits per heavy atom. The van der Waals surface area contributed by atoms with Crippen molar-refractivity contribution >= 4 is 11.8 Å². The van der Waals surface area contributed by atoms with Crippen LogP contribution in [0.3, 0.4) is 0 Å². The minimum absolute atomic E-state index is 0.234. The number of nitrogens with two attached hydrogens (primary N) is 1. The lowest BCUT2D eigenvalue weighted by Crippen LogP contribution is -2.21. The molecule has 1 aromatic carbocycles. The van der Waals surface area contributed by atoms with Gasteiger partial charge in [-0.15, -0.1) is 10.2 Å². The number of para-hydroxylation sites is 1. The molecule has 2 N–H and O–H groups in total. The molecule has 0 amide bonds. The van der Waals surface area contributed by atoms with E-state index in [9.17, 15) is 4.39 Å². The zero-order valence-corrected chi connectivity index (χ0v) is 13.8. The van der Waals surface area contributed by atoms with E-state index in [1.165, 1.54) is 12.5 Å². The molecule has 3 rings (SSSR count). The fraction of sp³-hybridized carbons (Fsp3) is 0.500. The van der Waals surface area contributed by atoms with Gasteiger partial charge in [-0.25, -0.2) is 4.39 Å². The summed E-state index contributed by atoms with van der Waals surface area (Å²) < 4.78 is 21.7. The predicted octanol–water partition coefficient (Wildman–Crippen LogP) is 2.57. The van der Waals surface area contributed by atoms with Crippen LogP contribution in [0.25, 0.3) is 5.69 Å². The van der Waals surface area contributed by atoms with Crippen molar-refractivity contribution < 1.29 is 9.13 Å². The van der Waals surface area contributed by atoms with Crippen molar-refractivity contribution in [2.75, 3.05) is 18.9 Å². The van der Waals surface area contributed by atoms with Gasteiger partial charge in [0.2, 0.25) is 0 Å². The van der Waals surface area contributed by atoms with Crippen molar-refractivity contribution in [2.24, 2.45) is 5.73 Å². The van der Waals surface area contributed by atoms with Crippen molar-refractivity contribution in [3.05, 3.63) is 35.9 Å². The van der Waals surface area contributed by atoms with Gasteiger partial charge in [-0.1, -0.05) is 23.9 Å². The SMILES string of the molecule is NCCc1nnc(SC[C@@H]2CCCCO2)n1-c1ccccc1F. The first kappa shape index (κ1) is 16.4. The standard InChI is InChI=1S/C16H21FN4OS/c17-13-6-1-2-7-14(13)21-15(8-9-18)19-20-16(21)23-11-12-5-3-4-10-22-12/h1-2,6-7,12H,3-5,8-11,18H2/t12-/m0/s1. The normalized spacial score (nSPS) is 18.3. The van der Waals surface area contributed by atoms with Crippen LogP contribution in [0.4, 0.5) is 4.39 Å². The molecule has 1 aliphatic rings. The topological polar surface area (TPSA) is 66.0 Å². The molecule has 124 valence electrons. The summed E-state index contributed by atoms with van der Waals surface area (Å²) in [7, 11) is 0. The molecule has 2 aromatic rings. The van der Waals surface area contributed by atoms with Crippen molar-refractivity contribution in [2.45, 2.75) is 36.9 Å². The number of ether oxygens (including phenoxy) is 1. The van der Waals surface area contributed by atoms with E-state index in [0.717, 1.165) is 25.2 Å². The number of aromatic nitrogens is 3. The molecule has 0 aliphatic carbocycles. The first-order valence-electron chi connectivity index (χ1n) is 7.93. The van der Waals surface area contributed by atoms with Crippen LogP contribution in [-0.4, -0.2) is 39.8 Å². The van der Waals surface area contributed by atoms with Gasteiger partial charge in [0.15, 0.2) is 5.16 Å². The smallest absolute Gasteiger partial charge is 0.196 e. The number of rotatable bonds is 6. The van der Waals surface area contributed by atoms with Gasteiger partial charge < -0.3 is 10.5 Å². The maximum Gasteiger partial charge on any atom is 0.196 e. The fourth-order valence-corrected chi connectivity index (χ4v) is 3.70. The maximum atomic E-state index is 14.2. The molecular weight excluding hydrogens is 315 g/mol. The molecule has 0 radical (unpaired) electrons. The van der Waals surface area contributed by atoms with Gasteiger partial charge >= 0.3 is 0 Å². The Morgan fingerprint density at radius 1 is 1.30 bits per heavy atom. The van der Waals surface area contributed by atoms with E-state index in [1.807, 2.05) is 6.07 Å². The van der Waals surface area contributed by atoms with Crippen LogP contribution in [0.15, 0.2) is 29.4 Å². The molecule has 0 spiro atoms. The number of nitrogens with zero attached hydrogens (tertiary/aromatic N) is 3. The average molecular weight is 336 g/mol. The van der Waals surface area contributed by atoms with Gasteiger partial charge in [0.05, 0.1) is 11.8 Å². The molecule has 2 heterocycles. The van der Waals surface area contributed by atoms with Gasteiger partial charge in [-0.2, -0.15) is 0 Å². The van der Waals surface area contributed by atoms with Crippen LogP contribution < -0.4 is 5.73 Å². The highest BCUT2D eigenvalue weighted by atomic mass is 32.2. The maximum absolute atomic E-state index is 14.2. The Labute approximate surface area is 139 Å². The van der Waals surface area contributed by atoms with Gasteiger partial charge in [0.1, 0.15) is 11.6 Å². The Kier molecular flexibility index (Phi) is 5.64. The number of hydrogen-bond donors (Lipinski definition) is 1. The molecule has 0 unspecified atom stereocenters. The second-order valence-corrected chi connectivity index (χ2v) is 6.51. The second kappa shape index (κ2) is 7.90. The van der Waals surface area contributed by atoms with Crippen LogP contribution in [0.5, 0.6) is 0 Å².